The number of carbonyl (C=O) groups excluding carboxylic acids is 1. The van der Waals surface area contributed by atoms with E-state index in [1.807, 2.05) is 25.1 Å². The van der Waals surface area contributed by atoms with Crippen LogP contribution >= 0.6 is 11.3 Å². The molecule has 1 aromatic carbocycles. The topological polar surface area (TPSA) is 98.0 Å². The van der Waals surface area contributed by atoms with E-state index in [0.29, 0.717) is 5.13 Å². The number of anilines is 1. The predicted octanol–water partition coefficient (Wildman–Crippen LogP) is 3.67. The minimum atomic E-state index is -0.538. The Hall–Kier alpha value is -3.13. The van der Waals surface area contributed by atoms with Gasteiger partial charge in [-0.2, -0.15) is 0 Å². The number of hydrogen-bond acceptors (Lipinski definition) is 6. The molecule has 3 rings (SSSR count). The first kappa shape index (κ1) is 15.8. The van der Waals surface area contributed by atoms with Gasteiger partial charge in [0, 0.05) is 23.9 Å². The van der Waals surface area contributed by atoms with Crippen molar-refractivity contribution in [2.45, 2.75) is 6.92 Å². The van der Waals surface area contributed by atoms with Crippen molar-refractivity contribution in [2.24, 2.45) is 0 Å². The number of pyridine rings is 1. The zero-order chi connectivity index (χ0) is 17.1. The third-order valence-corrected chi connectivity index (χ3v) is 4.33. The number of nitro benzene ring substituents is 1. The molecule has 3 aromatic rings. The SMILES string of the molecule is Cc1nc(NC(=O)c2cccc([N+](=O)[O-])c2)sc1-c1ccccn1. The predicted molar refractivity (Wildman–Crippen MR) is 91.1 cm³/mol. The van der Waals surface area contributed by atoms with Crippen LogP contribution in [0.3, 0.4) is 0 Å². The summed E-state index contributed by atoms with van der Waals surface area (Å²) >= 11 is 1.31. The number of amides is 1. The van der Waals surface area contributed by atoms with Crippen molar-refractivity contribution < 1.29 is 9.72 Å². The van der Waals surface area contributed by atoms with E-state index in [2.05, 4.69) is 15.3 Å². The summed E-state index contributed by atoms with van der Waals surface area (Å²) < 4.78 is 0. The van der Waals surface area contributed by atoms with E-state index in [0.717, 1.165) is 16.3 Å². The second-order valence-corrected chi connectivity index (χ2v) is 5.91. The molecule has 7 nitrogen and oxygen atoms in total. The molecule has 1 N–H and O–H groups in total. The molecule has 0 fully saturated rings. The zero-order valence-corrected chi connectivity index (χ0v) is 13.4. The Morgan fingerprint density at radius 2 is 2.08 bits per heavy atom. The number of aromatic nitrogens is 2. The molecule has 2 heterocycles. The van der Waals surface area contributed by atoms with Gasteiger partial charge in [0.25, 0.3) is 11.6 Å². The molecule has 2 aromatic heterocycles. The van der Waals surface area contributed by atoms with Crippen LogP contribution in [0.4, 0.5) is 10.8 Å². The first-order chi connectivity index (χ1) is 11.5. The van der Waals surface area contributed by atoms with E-state index < -0.39 is 10.8 Å². The van der Waals surface area contributed by atoms with Crippen LogP contribution in [0.25, 0.3) is 10.6 Å². The molecular weight excluding hydrogens is 328 g/mol. The van der Waals surface area contributed by atoms with Gasteiger partial charge in [0.1, 0.15) is 0 Å². The van der Waals surface area contributed by atoms with Crippen LogP contribution in [0.5, 0.6) is 0 Å². The molecule has 0 saturated carbocycles. The number of benzene rings is 1. The lowest BCUT2D eigenvalue weighted by Crippen LogP contribution is -2.11. The molecule has 0 aliphatic heterocycles. The van der Waals surface area contributed by atoms with Gasteiger partial charge in [0.15, 0.2) is 5.13 Å². The third-order valence-electron chi connectivity index (χ3n) is 3.23. The van der Waals surface area contributed by atoms with Crippen molar-refractivity contribution in [2.75, 3.05) is 5.32 Å². The van der Waals surface area contributed by atoms with Crippen LogP contribution in [0.2, 0.25) is 0 Å². The van der Waals surface area contributed by atoms with Crippen molar-refractivity contribution in [1.82, 2.24) is 9.97 Å². The summed E-state index contributed by atoms with van der Waals surface area (Å²) in [6.07, 6.45) is 1.69. The second-order valence-electron chi connectivity index (χ2n) is 4.91. The maximum absolute atomic E-state index is 12.3. The number of carbonyl (C=O) groups is 1. The number of nitrogens with zero attached hydrogens (tertiary/aromatic N) is 3. The van der Waals surface area contributed by atoms with Crippen LogP contribution in [-0.2, 0) is 0 Å². The smallest absolute Gasteiger partial charge is 0.270 e. The van der Waals surface area contributed by atoms with E-state index >= 15 is 0 Å². The number of thiazole rings is 1. The monoisotopic (exact) mass is 340 g/mol. The summed E-state index contributed by atoms with van der Waals surface area (Å²) in [6.45, 7) is 1.84. The zero-order valence-electron chi connectivity index (χ0n) is 12.6. The standard InChI is InChI=1S/C16H12N4O3S/c1-10-14(13-7-2-3-8-17-13)24-16(18-10)19-15(21)11-5-4-6-12(9-11)20(22)23/h2-9H,1H3,(H,18,19,21). The molecule has 120 valence electrons. The van der Waals surface area contributed by atoms with E-state index in [-0.39, 0.29) is 11.3 Å². The largest absolute Gasteiger partial charge is 0.298 e. The van der Waals surface area contributed by atoms with Gasteiger partial charge in [0.05, 0.1) is 21.2 Å². The maximum atomic E-state index is 12.3. The third kappa shape index (κ3) is 3.28. The summed E-state index contributed by atoms with van der Waals surface area (Å²) in [5.74, 6) is -0.444. The first-order valence-corrected chi connectivity index (χ1v) is 7.81. The molecule has 0 unspecified atom stereocenters. The minimum Gasteiger partial charge on any atom is -0.298 e. The van der Waals surface area contributed by atoms with E-state index in [1.54, 1.807) is 6.20 Å². The molecule has 0 spiro atoms. The Kier molecular flexibility index (Phi) is 4.30. The lowest BCUT2D eigenvalue weighted by molar-refractivity contribution is -0.384. The molecular formula is C16H12N4O3S. The van der Waals surface area contributed by atoms with Gasteiger partial charge in [-0.1, -0.05) is 23.5 Å². The summed E-state index contributed by atoms with van der Waals surface area (Å²) in [6, 6.07) is 11.1. The van der Waals surface area contributed by atoms with Crippen LogP contribution in [0.15, 0.2) is 48.7 Å². The highest BCUT2D eigenvalue weighted by Crippen LogP contribution is 2.31. The second kappa shape index (κ2) is 6.55. The van der Waals surface area contributed by atoms with Gasteiger partial charge >= 0.3 is 0 Å². The number of nitro groups is 1. The van der Waals surface area contributed by atoms with Crippen LogP contribution in [0, 0.1) is 17.0 Å². The van der Waals surface area contributed by atoms with Crippen molar-refractivity contribution in [3.63, 3.8) is 0 Å². The molecule has 0 atom stereocenters. The number of aryl methyl sites for hydroxylation is 1. The van der Waals surface area contributed by atoms with Crippen molar-refractivity contribution in [3.8, 4) is 10.6 Å². The van der Waals surface area contributed by atoms with Crippen LogP contribution in [-0.4, -0.2) is 20.8 Å². The first-order valence-electron chi connectivity index (χ1n) is 6.99. The van der Waals surface area contributed by atoms with Gasteiger partial charge < -0.3 is 0 Å². The summed E-state index contributed by atoms with van der Waals surface area (Å²) in [5, 5.41) is 13.9. The van der Waals surface area contributed by atoms with E-state index in [1.165, 1.54) is 35.6 Å². The normalized spacial score (nSPS) is 10.4. The van der Waals surface area contributed by atoms with Crippen molar-refractivity contribution >= 4 is 28.1 Å². The molecule has 0 saturated heterocycles. The highest BCUT2D eigenvalue weighted by Gasteiger charge is 2.15. The van der Waals surface area contributed by atoms with Crippen molar-refractivity contribution in [3.05, 3.63) is 70.0 Å². The molecule has 0 radical (unpaired) electrons. The average Bonchev–Trinajstić information content (AvgIpc) is 2.96. The van der Waals surface area contributed by atoms with Gasteiger partial charge in [0.2, 0.25) is 0 Å². The Morgan fingerprint density at radius 3 is 2.79 bits per heavy atom. The minimum absolute atomic E-state index is 0.132. The van der Waals surface area contributed by atoms with E-state index in [4.69, 9.17) is 0 Å². The Bertz CT molecular complexity index is 909. The molecule has 0 aliphatic carbocycles. The van der Waals surface area contributed by atoms with Crippen molar-refractivity contribution in [1.29, 1.82) is 0 Å². The summed E-state index contributed by atoms with van der Waals surface area (Å²) in [4.78, 5) is 32.0. The van der Waals surface area contributed by atoms with Gasteiger partial charge in [-0.25, -0.2) is 4.98 Å². The Morgan fingerprint density at radius 1 is 1.25 bits per heavy atom. The highest BCUT2D eigenvalue weighted by molar-refractivity contribution is 7.19. The fraction of sp³-hybridized carbons (Fsp3) is 0.0625. The Labute approximate surface area is 141 Å². The van der Waals surface area contributed by atoms with Gasteiger partial charge in [-0.05, 0) is 25.1 Å². The lowest BCUT2D eigenvalue weighted by Gasteiger charge is -2.01. The molecule has 0 bridgehead atoms. The molecule has 8 heteroatoms. The van der Waals surface area contributed by atoms with Crippen LogP contribution in [0.1, 0.15) is 16.1 Å². The highest BCUT2D eigenvalue weighted by atomic mass is 32.1. The number of non-ortho nitro benzene ring substituents is 1. The average molecular weight is 340 g/mol. The fourth-order valence-electron chi connectivity index (χ4n) is 2.11. The van der Waals surface area contributed by atoms with Crippen LogP contribution < -0.4 is 5.32 Å². The summed E-state index contributed by atoms with van der Waals surface area (Å²) in [7, 11) is 0. The Balaban J connectivity index is 1.83. The van der Waals surface area contributed by atoms with Gasteiger partial charge in [-0.3, -0.25) is 25.2 Å². The molecule has 24 heavy (non-hydrogen) atoms. The van der Waals surface area contributed by atoms with E-state index in [9.17, 15) is 14.9 Å². The number of hydrogen-bond donors (Lipinski definition) is 1. The lowest BCUT2D eigenvalue weighted by atomic mass is 10.2. The number of rotatable bonds is 4. The molecule has 1 amide bonds. The summed E-state index contributed by atoms with van der Waals surface area (Å²) in [5.41, 5.74) is 1.61. The number of nitrogens with one attached hydrogen (secondary N) is 1. The quantitative estimate of drug-likeness (QED) is 0.577. The molecule has 0 aliphatic rings. The fourth-order valence-corrected chi connectivity index (χ4v) is 3.05. The van der Waals surface area contributed by atoms with Gasteiger partial charge in [-0.15, -0.1) is 0 Å². The maximum Gasteiger partial charge on any atom is 0.270 e.